The molecule has 6 heteroatoms. The van der Waals surface area contributed by atoms with Crippen LogP contribution in [0.1, 0.15) is 137 Å². The molecule has 5 aliphatic rings. The van der Waals surface area contributed by atoms with Gasteiger partial charge in [-0.2, -0.15) is 0 Å². The molecule has 0 saturated heterocycles. The number of hydrogen-bond acceptors (Lipinski definition) is 6. The Bertz CT molecular complexity index is 3560. The van der Waals surface area contributed by atoms with Gasteiger partial charge in [-0.3, -0.25) is 0 Å². The Balaban J connectivity index is 0.920. The number of fused-ring (bicyclic) bond motifs is 14. The van der Waals surface area contributed by atoms with E-state index in [1.54, 1.807) is 14.2 Å². The fraction of sp³-hybridized carbons (Fsp3) is 0.367. The van der Waals surface area contributed by atoms with Crippen LogP contribution in [0.15, 0.2) is 84.9 Å². The van der Waals surface area contributed by atoms with E-state index in [0.29, 0.717) is 11.5 Å². The highest BCUT2D eigenvalue weighted by Gasteiger charge is 2.58. The first-order valence-corrected chi connectivity index (χ1v) is 23.8. The second-order valence-corrected chi connectivity index (χ2v) is 23.5. The van der Waals surface area contributed by atoms with Gasteiger partial charge in [-0.15, -0.1) is 0 Å². The van der Waals surface area contributed by atoms with Crippen molar-refractivity contribution in [2.24, 2.45) is 0 Å². The molecule has 66 heavy (non-hydrogen) atoms. The van der Waals surface area contributed by atoms with E-state index in [9.17, 15) is 0 Å². The molecule has 0 bridgehead atoms. The second kappa shape index (κ2) is 12.4. The Morgan fingerprint density at radius 3 is 1.15 bits per heavy atom. The molecular weight excluding hydrogens is 813 g/mol. The average Bonchev–Trinajstić information content (AvgIpc) is 3.80. The van der Waals surface area contributed by atoms with E-state index in [1.807, 2.05) is 12.1 Å². The summed E-state index contributed by atoms with van der Waals surface area (Å²) >= 11 is 0. The van der Waals surface area contributed by atoms with E-state index in [-0.39, 0.29) is 32.5 Å². The Kier molecular flexibility index (Phi) is 7.57. The predicted molar refractivity (Wildman–Crippen MR) is 266 cm³/mol. The minimum absolute atomic E-state index is 0.00333. The molecular formula is C60H58N2O4. The fourth-order valence-corrected chi connectivity index (χ4v) is 14.5. The lowest BCUT2D eigenvalue weighted by atomic mass is 9.72. The molecule has 0 saturated carbocycles. The summed E-state index contributed by atoms with van der Waals surface area (Å²) in [6.07, 6.45) is 4.04. The summed E-state index contributed by atoms with van der Waals surface area (Å²) in [5.41, 5.74) is 16.5. The third-order valence-corrected chi connectivity index (χ3v) is 17.2. The lowest BCUT2D eigenvalue weighted by Crippen LogP contribution is -2.27. The van der Waals surface area contributed by atoms with Crippen LogP contribution in [0.3, 0.4) is 0 Å². The largest absolute Gasteiger partial charge is 0.493 e. The van der Waals surface area contributed by atoms with Crippen molar-refractivity contribution >= 4 is 43.6 Å². The van der Waals surface area contributed by atoms with Crippen LogP contribution < -0.4 is 18.9 Å². The molecule has 0 fully saturated rings. The van der Waals surface area contributed by atoms with Gasteiger partial charge < -0.3 is 18.9 Å². The molecule has 0 amide bonds. The molecule has 6 nitrogen and oxygen atoms in total. The summed E-state index contributed by atoms with van der Waals surface area (Å²) < 4.78 is 25.4. The number of hydrogen-bond donors (Lipinski definition) is 0. The lowest BCUT2D eigenvalue weighted by Gasteiger charge is -2.31. The van der Waals surface area contributed by atoms with Crippen molar-refractivity contribution in [3.8, 4) is 34.5 Å². The zero-order valence-corrected chi connectivity index (χ0v) is 40.4. The maximum atomic E-state index is 6.89. The lowest BCUT2D eigenvalue weighted by molar-refractivity contribution is 0.347. The van der Waals surface area contributed by atoms with E-state index in [4.69, 9.17) is 28.9 Å². The van der Waals surface area contributed by atoms with Gasteiger partial charge in [-0.1, -0.05) is 73.6 Å². The zero-order chi connectivity index (χ0) is 45.8. The molecule has 2 unspecified atom stereocenters. The summed E-state index contributed by atoms with van der Waals surface area (Å²) in [6, 6.07) is 32.3. The smallest absolute Gasteiger partial charge is 0.172 e. The predicted octanol–water partition coefficient (Wildman–Crippen LogP) is 14.9. The second-order valence-electron chi connectivity index (χ2n) is 23.5. The summed E-state index contributed by atoms with van der Waals surface area (Å²) in [7, 11) is 3.44. The average molecular weight is 871 g/mol. The van der Waals surface area contributed by atoms with Crippen LogP contribution in [0.25, 0.3) is 43.6 Å². The SMILES string of the molecule is COc1cc2c(cc1OC)C1(CC2(C)C)CC(C)(C)c2cc3c(cc21)Oc1cc2nc4cc5c(cc4nc2cc1O3)C(C)(C)CC51CC(C)(C)c2cc3cc4cc(C)c(C)cc4cc3cc21. The van der Waals surface area contributed by atoms with E-state index in [0.717, 1.165) is 70.7 Å². The van der Waals surface area contributed by atoms with Crippen molar-refractivity contribution in [3.63, 3.8) is 0 Å². The molecule has 332 valence electrons. The normalized spacial score (nSPS) is 22.8. The van der Waals surface area contributed by atoms with Gasteiger partial charge in [0.1, 0.15) is 0 Å². The molecule has 2 atom stereocenters. The molecule has 2 heterocycles. The van der Waals surface area contributed by atoms with Crippen LogP contribution in [0.5, 0.6) is 34.5 Å². The van der Waals surface area contributed by atoms with Crippen LogP contribution in [0.4, 0.5) is 0 Å². The van der Waals surface area contributed by atoms with Crippen molar-refractivity contribution in [3.05, 3.63) is 141 Å². The maximum Gasteiger partial charge on any atom is 0.172 e. The summed E-state index contributed by atoms with van der Waals surface area (Å²) in [5, 5.41) is 5.25. The molecule has 0 radical (unpaired) electrons. The number of rotatable bonds is 2. The topological polar surface area (TPSA) is 62.7 Å². The highest BCUT2D eigenvalue weighted by molar-refractivity contribution is 6.00. The van der Waals surface area contributed by atoms with Crippen molar-refractivity contribution < 1.29 is 18.9 Å². The van der Waals surface area contributed by atoms with Crippen LogP contribution in [0.2, 0.25) is 0 Å². The van der Waals surface area contributed by atoms with E-state index >= 15 is 0 Å². The minimum atomic E-state index is -0.218. The molecule has 1 aliphatic heterocycles. The Labute approximate surface area is 387 Å². The van der Waals surface area contributed by atoms with Crippen molar-refractivity contribution in [1.29, 1.82) is 0 Å². The first kappa shape index (κ1) is 40.2. The van der Waals surface area contributed by atoms with Crippen molar-refractivity contribution in [1.82, 2.24) is 9.97 Å². The monoisotopic (exact) mass is 870 g/mol. The Morgan fingerprint density at radius 2 is 0.667 bits per heavy atom. The van der Waals surface area contributed by atoms with Gasteiger partial charge in [-0.05, 0) is 193 Å². The Morgan fingerprint density at radius 1 is 0.364 bits per heavy atom. The molecule has 8 aromatic rings. The Hall–Kier alpha value is -6.14. The highest BCUT2D eigenvalue weighted by atomic mass is 16.6. The van der Waals surface area contributed by atoms with E-state index in [1.165, 1.54) is 77.2 Å². The summed E-state index contributed by atoms with van der Waals surface area (Å²) in [4.78, 5) is 10.7. The number of aryl methyl sites for hydroxylation is 2. The number of nitrogens with zero attached hydrogens (tertiary/aromatic N) is 2. The van der Waals surface area contributed by atoms with E-state index in [2.05, 4.69) is 142 Å². The standard InChI is InChI=1S/C60H58N2O4/c1-31-13-33-15-35-17-37-41(18-36(35)16-34(33)14-32(31)2)59(27-55(37,3)4)28-56(5,6)38-19-45-46(20-42(38)59)62-48-26-54-53(25-47(48)61-45)65-51-22-40-44(24-52(51)66-54)60(30-58(40,9)10)29-57(7,8)39-21-49(63-11)50(64-12)23-43(39)60/h13-26H,27-30H2,1-12H3. The number of ether oxygens (including phenoxy) is 4. The van der Waals surface area contributed by atoms with Crippen molar-refractivity contribution in [2.45, 2.75) is 127 Å². The molecule has 4 aliphatic carbocycles. The van der Waals surface area contributed by atoms with Gasteiger partial charge in [0.15, 0.2) is 34.5 Å². The van der Waals surface area contributed by atoms with Gasteiger partial charge in [0.25, 0.3) is 0 Å². The van der Waals surface area contributed by atoms with Gasteiger partial charge in [0, 0.05) is 23.0 Å². The number of aromatic nitrogens is 2. The first-order chi connectivity index (χ1) is 31.2. The van der Waals surface area contributed by atoms with Gasteiger partial charge >= 0.3 is 0 Å². The molecule has 13 rings (SSSR count). The van der Waals surface area contributed by atoms with Crippen molar-refractivity contribution in [2.75, 3.05) is 14.2 Å². The fourth-order valence-electron chi connectivity index (χ4n) is 14.5. The molecule has 1 aromatic heterocycles. The van der Waals surface area contributed by atoms with Gasteiger partial charge in [0.2, 0.25) is 0 Å². The molecule has 2 spiro atoms. The van der Waals surface area contributed by atoms with Crippen LogP contribution >= 0.6 is 0 Å². The zero-order valence-electron chi connectivity index (χ0n) is 40.4. The van der Waals surface area contributed by atoms with E-state index < -0.39 is 0 Å². The van der Waals surface area contributed by atoms with Gasteiger partial charge in [0.05, 0.1) is 36.3 Å². The third kappa shape index (κ3) is 5.19. The van der Waals surface area contributed by atoms with Crippen LogP contribution in [-0.4, -0.2) is 24.2 Å². The minimum Gasteiger partial charge on any atom is -0.493 e. The van der Waals surface area contributed by atoms with Crippen LogP contribution in [0, 0.1) is 13.8 Å². The third-order valence-electron chi connectivity index (χ3n) is 17.2. The quantitative estimate of drug-likeness (QED) is 0.161. The number of methoxy groups -OCH3 is 2. The van der Waals surface area contributed by atoms with Gasteiger partial charge in [-0.25, -0.2) is 9.97 Å². The first-order valence-electron chi connectivity index (χ1n) is 23.8. The molecule has 7 aromatic carbocycles. The summed E-state index contributed by atoms with van der Waals surface area (Å²) in [6.45, 7) is 23.6. The highest BCUT2D eigenvalue weighted by Crippen LogP contribution is 2.67. The van der Waals surface area contributed by atoms with Crippen LogP contribution in [-0.2, 0) is 32.5 Å². The summed E-state index contributed by atoms with van der Waals surface area (Å²) in [5.74, 6) is 4.32. The number of benzene rings is 7. The molecule has 0 N–H and O–H groups in total. The maximum absolute atomic E-state index is 6.89.